The monoisotopic (exact) mass is 623 g/mol. The van der Waals surface area contributed by atoms with Crippen LogP contribution in [0.15, 0.2) is 34.7 Å². The molecule has 3 aromatic rings. The summed E-state index contributed by atoms with van der Waals surface area (Å²) in [6.07, 6.45) is 2.35. The Morgan fingerprint density at radius 2 is 1.90 bits per heavy atom. The summed E-state index contributed by atoms with van der Waals surface area (Å²) in [5, 5.41) is 3.18. The number of hydrogen-bond acceptors (Lipinski definition) is 9. The van der Waals surface area contributed by atoms with Gasteiger partial charge in [-0.05, 0) is 50.2 Å². The maximum absolute atomic E-state index is 13.0. The average molecular weight is 624 g/mol. The lowest BCUT2D eigenvalue weighted by Gasteiger charge is -2.13. The first-order valence-corrected chi connectivity index (χ1v) is 16.6. The van der Waals surface area contributed by atoms with Crippen molar-refractivity contribution in [1.29, 1.82) is 0 Å². The molecule has 42 heavy (non-hydrogen) atoms. The van der Waals surface area contributed by atoms with Crippen LogP contribution >= 0.6 is 7.82 Å². The topological polar surface area (TPSA) is 194 Å². The molecule has 0 spiro atoms. The van der Waals surface area contributed by atoms with E-state index in [1.165, 1.54) is 7.05 Å². The van der Waals surface area contributed by atoms with Crippen molar-refractivity contribution in [2.24, 2.45) is 5.92 Å². The SMILES string of the molecule is CNC(=O)c1c(-c2ccc(C)cc2)oc2nc(CS(=O)(=O)NCCCC(C)C(=O)OCOP(=O)(O)O)c(C3CC3)cc12. The first kappa shape index (κ1) is 31.8. The lowest BCUT2D eigenvalue weighted by atomic mass is 10.0. The van der Waals surface area contributed by atoms with Gasteiger partial charge in [0.2, 0.25) is 22.5 Å². The molecule has 1 fully saturated rings. The van der Waals surface area contributed by atoms with Crippen LogP contribution in [0.4, 0.5) is 0 Å². The van der Waals surface area contributed by atoms with E-state index in [1.807, 2.05) is 37.3 Å². The minimum atomic E-state index is -4.75. The molecule has 4 N–H and O–H groups in total. The Labute approximate surface area is 243 Å². The second-order valence-electron chi connectivity index (χ2n) is 10.3. The van der Waals surface area contributed by atoms with Crippen molar-refractivity contribution in [3.63, 3.8) is 0 Å². The summed E-state index contributed by atoms with van der Waals surface area (Å²) in [5.41, 5.74) is 3.39. The van der Waals surface area contributed by atoms with Crippen LogP contribution in [-0.2, 0) is 34.4 Å². The molecule has 2 aromatic heterocycles. The van der Waals surface area contributed by atoms with Crippen LogP contribution in [0.25, 0.3) is 22.4 Å². The van der Waals surface area contributed by atoms with E-state index in [0.717, 1.165) is 24.0 Å². The summed E-state index contributed by atoms with van der Waals surface area (Å²) >= 11 is 0. The van der Waals surface area contributed by atoms with E-state index in [-0.39, 0.29) is 36.3 Å². The highest BCUT2D eigenvalue weighted by Crippen LogP contribution is 2.44. The van der Waals surface area contributed by atoms with Crippen LogP contribution in [0.3, 0.4) is 0 Å². The third kappa shape index (κ3) is 8.24. The van der Waals surface area contributed by atoms with E-state index in [0.29, 0.717) is 34.4 Å². The lowest BCUT2D eigenvalue weighted by molar-refractivity contribution is -0.155. The van der Waals surface area contributed by atoms with Crippen LogP contribution in [0.1, 0.15) is 65.7 Å². The number of nitrogens with one attached hydrogen (secondary N) is 2. The van der Waals surface area contributed by atoms with E-state index in [1.54, 1.807) is 6.92 Å². The van der Waals surface area contributed by atoms with Gasteiger partial charge >= 0.3 is 13.8 Å². The van der Waals surface area contributed by atoms with Crippen molar-refractivity contribution in [2.45, 2.75) is 51.2 Å². The van der Waals surface area contributed by atoms with Gasteiger partial charge in [0, 0.05) is 19.2 Å². The fourth-order valence-corrected chi connectivity index (χ4v) is 5.82. The molecule has 1 aliphatic carbocycles. The molecule has 4 rings (SSSR count). The molecule has 1 unspecified atom stereocenters. The number of furan rings is 1. The molecule has 0 saturated heterocycles. The molecule has 0 aliphatic heterocycles. The number of nitrogens with zero attached hydrogens (tertiary/aromatic N) is 1. The van der Waals surface area contributed by atoms with E-state index >= 15 is 0 Å². The largest absolute Gasteiger partial charge is 0.472 e. The number of sulfonamides is 1. The third-order valence-corrected chi connectivity index (χ3v) is 8.61. The first-order valence-electron chi connectivity index (χ1n) is 13.4. The van der Waals surface area contributed by atoms with E-state index in [2.05, 4.69) is 24.3 Å². The summed E-state index contributed by atoms with van der Waals surface area (Å²) in [4.78, 5) is 46.7. The zero-order chi connectivity index (χ0) is 30.7. The van der Waals surface area contributed by atoms with Crippen molar-refractivity contribution < 1.29 is 46.0 Å². The summed E-state index contributed by atoms with van der Waals surface area (Å²) in [6, 6.07) is 9.35. The lowest BCUT2D eigenvalue weighted by Crippen LogP contribution is -2.27. The molecule has 1 aromatic carbocycles. The van der Waals surface area contributed by atoms with Gasteiger partial charge in [0.05, 0.1) is 22.6 Å². The highest BCUT2D eigenvalue weighted by Gasteiger charge is 2.32. The normalized spacial score (nSPS) is 14.6. The van der Waals surface area contributed by atoms with Gasteiger partial charge in [-0.2, -0.15) is 0 Å². The Balaban J connectivity index is 1.47. The minimum absolute atomic E-state index is 0.0546. The zero-order valence-electron chi connectivity index (χ0n) is 23.5. The molecule has 0 radical (unpaired) electrons. The molecule has 1 amide bonds. The molecule has 2 heterocycles. The fraction of sp³-hybridized carbons (Fsp3) is 0.444. The number of aromatic nitrogens is 1. The van der Waals surface area contributed by atoms with Crippen molar-refractivity contribution in [2.75, 3.05) is 20.4 Å². The Morgan fingerprint density at radius 3 is 2.52 bits per heavy atom. The van der Waals surface area contributed by atoms with Crippen LogP contribution in [0.2, 0.25) is 0 Å². The van der Waals surface area contributed by atoms with Gasteiger partial charge < -0.3 is 24.3 Å². The molecule has 15 heteroatoms. The molecular formula is C27H34N3O10PS. The number of fused-ring (bicyclic) bond motifs is 1. The Morgan fingerprint density at radius 1 is 1.21 bits per heavy atom. The number of pyridine rings is 1. The fourth-order valence-electron chi connectivity index (χ4n) is 4.48. The second-order valence-corrected chi connectivity index (χ2v) is 13.3. The van der Waals surface area contributed by atoms with Gasteiger partial charge in [0.1, 0.15) is 11.5 Å². The molecule has 13 nitrogen and oxygen atoms in total. The summed E-state index contributed by atoms with van der Waals surface area (Å²) < 4.78 is 54.0. The summed E-state index contributed by atoms with van der Waals surface area (Å²) in [7, 11) is -7.04. The van der Waals surface area contributed by atoms with Crippen molar-refractivity contribution in [3.8, 4) is 11.3 Å². The van der Waals surface area contributed by atoms with Crippen LogP contribution < -0.4 is 10.0 Å². The van der Waals surface area contributed by atoms with E-state index in [9.17, 15) is 22.6 Å². The van der Waals surface area contributed by atoms with Crippen molar-refractivity contribution in [1.82, 2.24) is 15.0 Å². The maximum atomic E-state index is 13.0. The number of ether oxygens (including phenoxy) is 1. The Kier molecular flexibility index (Phi) is 9.86. The number of carbonyl (C=O) groups excluding carboxylic acids is 2. The van der Waals surface area contributed by atoms with Gasteiger partial charge in [-0.25, -0.2) is 27.2 Å². The number of esters is 1. The quantitative estimate of drug-likeness (QED) is 0.0888. The molecule has 1 aliphatic rings. The molecule has 0 bridgehead atoms. The second kappa shape index (κ2) is 13.0. The Hall–Kier alpha value is -3.13. The molecular weight excluding hydrogens is 589 g/mol. The standard InChI is InChI=1S/C27H34N3O10PS/c1-16-6-8-19(9-7-16)24-23(25(31)28-3)21-13-20(18-10-11-18)22(30-26(21)40-24)14-42(36,37)29-12-4-5-17(2)27(32)38-15-39-41(33,34)35/h6-9,13,17-18,29H,4-5,10-12,14-15H2,1-3H3,(H,28,31)(H2,33,34,35). The number of carbonyl (C=O) groups is 2. The maximum Gasteiger partial charge on any atom is 0.472 e. The van der Waals surface area contributed by atoms with Gasteiger partial charge in [-0.1, -0.05) is 36.8 Å². The van der Waals surface area contributed by atoms with Gasteiger partial charge in [-0.3, -0.25) is 9.59 Å². The number of aryl methyl sites for hydroxylation is 1. The molecule has 1 atom stereocenters. The van der Waals surface area contributed by atoms with Crippen molar-refractivity contribution >= 4 is 40.8 Å². The van der Waals surface area contributed by atoms with Gasteiger partial charge in [-0.15, -0.1) is 0 Å². The van der Waals surface area contributed by atoms with Crippen LogP contribution in [-0.4, -0.2) is 55.5 Å². The summed E-state index contributed by atoms with van der Waals surface area (Å²) in [5.74, 6) is -1.58. The third-order valence-electron chi connectivity index (χ3n) is 6.87. The number of rotatable bonds is 14. The first-order chi connectivity index (χ1) is 19.8. The number of hydrogen-bond donors (Lipinski definition) is 4. The van der Waals surface area contributed by atoms with Crippen LogP contribution in [0.5, 0.6) is 0 Å². The zero-order valence-corrected chi connectivity index (χ0v) is 25.2. The highest BCUT2D eigenvalue weighted by atomic mass is 32.2. The van der Waals surface area contributed by atoms with E-state index in [4.69, 9.17) is 14.2 Å². The smallest absolute Gasteiger partial charge is 0.438 e. The predicted molar refractivity (Wildman–Crippen MR) is 153 cm³/mol. The average Bonchev–Trinajstić information content (AvgIpc) is 3.70. The van der Waals surface area contributed by atoms with E-state index < -0.39 is 36.5 Å². The highest BCUT2D eigenvalue weighted by molar-refractivity contribution is 7.88. The number of phosphoric acid groups is 1. The summed E-state index contributed by atoms with van der Waals surface area (Å²) in [6.45, 7) is 2.68. The van der Waals surface area contributed by atoms with Crippen LogP contribution in [0, 0.1) is 12.8 Å². The predicted octanol–water partition coefficient (Wildman–Crippen LogP) is 3.49. The molecule has 1 saturated carbocycles. The van der Waals surface area contributed by atoms with Gasteiger partial charge in [0.15, 0.2) is 0 Å². The number of benzene rings is 1. The number of amides is 1. The van der Waals surface area contributed by atoms with Gasteiger partial charge in [0.25, 0.3) is 5.91 Å². The minimum Gasteiger partial charge on any atom is -0.438 e. The number of phosphoric ester groups is 1. The van der Waals surface area contributed by atoms with Crippen molar-refractivity contribution in [3.05, 3.63) is 52.7 Å². The molecule has 228 valence electrons. The Bertz CT molecular complexity index is 1610.